The van der Waals surface area contributed by atoms with Crippen LogP contribution in [0.5, 0.6) is 0 Å². The van der Waals surface area contributed by atoms with E-state index in [9.17, 15) is 19.2 Å². The third-order valence-corrected chi connectivity index (χ3v) is 9.28. The molecule has 50 heavy (non-hydrogen) atoms. The van der Waals surface area contributed by atoms with Crippen LogP contribution in [-0.4, -0.2) is 58.6 Å². The fraction of sp³-hybridized carbons (Fsp3) is 0.190. The molecular weight excluding hydrogens is 624 g/mol. The van der Waals surface area contributed by atoms with Crippen molar-refractivity contribution in [3.8, 4) is 0 Å². The molecule has 6 rings (SSSR count). The Bertz CT molecular complexity index is 1810. The third kappa shape index (κ3) is 7.50. The molecule has 0 bridgehead atoms. The Labute approximate surface area is 292 Å². The van der Waals surface area contributed by atoms with Crippen molar-refractivity contribution >= 4 is 59.3 Å². The van der Waals surface area contributed by atoms with Crippen molar-refractivity contribution in [2.45, 2.75) is 37.8 Å². The minimum atomic E-state index is -0.535. The number of carbonyl (C=O) groups is 4. The molecule has 4 aromatic rings. The minimum Gasteiger partial charge on any atom is -0.327 e. The van der Waals surface area contributed by atoms with Gasteiger partial charge in [-0.25, -0.2) is 0 Å². The first kappa shape index (κ1) is 33.9. The molecule has 0 saturated carbocycles. The van der Waals surface area contributed by atoms with Crippen molar-refractivity contribution in [2.24, 2.45) is 0 Å². The molecule has 8 nitrogen and oxygen atoms in total. The summed E-state index contributed by atoms with van der Waals surface area (Å²) in [5.41, 5.74) is 5.81. The van der Waals surface area contributed by atoms with Crippen LogP contribution in [0.3, 0.4) is 0 Å². The average Bonchev–Trinajstić information content (AvgIpc) is 3.86. The van der Waals surface area contributed by atoms with E-state index in [2.05, 4.69) is 23.8 Å². The van der Waals surface area contributed by atoms with Gasteiger partial charge in [0.2, 0.25) is 11.8 Å². The number of nitrogens with one attached hydrogen (secondary N) is 2. The van der Waals surface area contributed by atoms with Gasteiger partial charge in [0.1, 0.15) is 12.1 Å². The van der Waals surface area contributed by atoms with Gasteiger partial charge >= 0.3 is 0 Å². The number of anilines is 2. The second-order valence-electron chi connectivity index (χ2n) is 12.5. The molecule has 2 fully saturated rings. The standard InChI is InChI=1S/C42H40N4O4/c1-3-31-11-5-7-13-35(31)41(49)45-27-9-15-37(45)39(47)43-33-23-19-29(20-24-33)17-18-30-21-25-34(26-22-30)44-40(48)38-16-10-28-46(38)42(50)36-14-8-6-12-32(36)4-2/h3-8,11-14,17-26,37-38H,1-2,9-10,15-16,27-28H2,(H,43,47)(H,44,48)/b18-17+/t37-,38-/m0/s1. The topological polar surface area (TPSA) is 98.8 Å². The molecule has 0 aromatic heterocycles. The quantitative estimate of drug-likeness (QED) is 0.170. The summed E-state index contributed by atoms with van der Waals surface area (Å²) >= 11 is 0. The van der Waals surface area contributed by atoms with E-state index in [4.69, 9.17) is 0 Å². The minimum absolute atomic E-state index is 0.160. The fourth-order valence-electron chi connectivity index (χ4n) is 6.61. The Kier molecular flexibility index (Phi) is 10.5. The van der Waals surface area contributed by atoms with Crippen LogP contribution in [0.2, 0.25) is 0 Å². The molecule has 4 aromatic carbocycles. The van der Waals surface area contributed by atoms with Gasteiger partial charge in [-0.15, -0.1) is 0 Å². The lowest BCUT2D eigenvalue weighted by molar-refractivity contribution is -0.120. The molecule has 2 heterocycles. The molecule has 8 heteroatoms. The number of rotatable bonds is 10. The van der Waals surface area contributed by atoms with Gasteiger partial charge in [0.15, 0.2) is 0 Å². The molecule has 2 N–H and O–H groups in total. The van der Waals surface area contributed by atoms with E-state index >= 15 is 0 Å². The lowest BCUT2D eigenvalue weighted by Crippen LogP contribution is -2.43. The highest BCUT2D eigenvalue weighted by atomic mass is 16.2. The molecule has 0 aliphatic carbocycles. The smallest absolute Gasteiger partial charge is 0.255 e. The molecule has 2 atom stereocenters. The summed E-state index contributed by atoms with van der Waals surface area (Å²) in [6.07, 6.45) is 10.0. The van der Waals surface area contributed by atoms with Gasteiger partial charge < -0.3 is 20.4 Å². The molecule has 0 spiro atoms. The van der Waals surface area contributed by atoms with E-state index in [1.165, 1.54) is 0 Å². The first-order chi connectivity index (χ1) is 24.4. The maximum atomic E-state index is 13.3. The van der Waals surface area contributed by atoms with Crippen molar-refractivity contribution in [1.82, 2.24) is 9.80 Å². The predicted molar refractivity (Wildman–Crippen MR) is 200 cm³/mol. The molecule has 0 unspecified atom stereocenters. The maximum absolute atomic E-state index is 13.3. The van der Waals surface area contributed by atoms with Crippen molar-refractivity contribution in [1.29, 1.82) is 0 Å². The lowest BCUT2D eigenvalue weighted by Gasteiger charge is -2.24. The Balaban J connectivity index is 1.02. The van der Waals surface area contributed by atoms with Crippen LogP contribution < -0.4 is 10.6 Å². The summed E-state index contributed by atoms with van der Waals surface area (Å²) in [6, 6.07) is 28.6. The fourth-order valence-corrected chi connectivity index (χ4v) is 6.61. The van der Waals surface area contributed by atoms with Crippen LogP contribution in [0.1, 0.15) is 68.7 Å². The van der Waals surface area contributed by atoms with Crippen LogP contribution in [-0.2, 0) is 9.59 Å². The van der Waals surface area contributed by atoms with Crippen LogP contribution in [0.15, 0.2) is 110 Å². The molecule has 2 aliphatic rings. The van der Waals surface area contributed by atoms with E-state index in [0.29, 0.717) is 48.4 Å². The zero-order valence-corrected chi connectivity index (χ0v) is 27.9. The monoisotopic (exact) mass is 664 g/mol. The zero-order chi connectivity index (χ0) is 35.0. The maximum Gasteiger partial charge on any atom is 0.255 e. The zero-order valence-electron chi connectivity index (χ0n) is 27.9. The number of likely N-dealkylation sites (tertiary alicyclic amines) is 2. The highest BCUT2D eigenvalue weighted by Gasteiger charge is 2.36. The number of benzene rings is 4. The third-order valence-electron chi connectivity index (χ3n) is 9.28. The van der Waals surface area contributed by atoms with Crippen molar-refractivity contribution in [3.63, 3.8) is 0 Å². The van der Waals surface area contributed by atoms with E-state index in [-0.39, 0.29) is 23.6 Å². The predicted octanol–water partition coefficient (Wildman–Crippen LogP) is 7.63. The van der Waals surface area contributed by atoms with E-state index in [1.54, 1.807) is 34.1 Å². The molecule has 2 aliphatic heterocycles. The largest absolute Gasteiger partial charge is 0.327 e. The summed E-state index contributed by atoms with van der Waals surface area (Å²) in [4.78, 5) is 56.4. The number of hydrogen-bond donors (Lipinski definition) is 2. The van der Waals surface area contributed by atoms with Crippen LogP contribution in [0.4, 0.5) is 11.4 Å². The summed E-state index contributed by atoms with van der Waals surface area (Å²) in [5, 5.41) is 5.95. The second kappa shape index (κ2) is 15.5. The van der Waals surface area contributed by atoms with Crippen molar-refractivity contribution < 1.29 is 19.2 Å². The van der Waals surface area contributed by atoms with Gasteiger partial charge in [-0.1, -0.05) is 98.1 Å². The molecule has 2 saturated heterocycles. The van der Waals surface area contributed by atoms with Crippen LogP contribution >= 0.6 is 0 Å². The summed E-state index contributed by atoms with van der Waals surface area (Å²) in [6.45, 7) is 8.69. The second-order valence-corrected chi connectivity index (χ2v) is 12.5. The Morgan fingerprint density at radius 2 is 0.940 bits per heavy atom. The number of amides is 4. The van der Waals surface area contributed by atoms with E-state index in [0.717, 1.165) is 35.1 Å². The van der Waals surface area contributed by atoms with Gasteiger partial charge in [0.25, 0.3) is 11.8 Å². The highest BCUT2D eigenvalue weighted by molar-refractivity contribution is 6.04. The SMILES string of the molecule is C=Cc1ccccc1C(=O)N1CCC[C@H]1C(=O)Nc1ccc(/C=C/c2ccc(NC(=O)[C@@H]3CCCN3C(=O)c3ccccc3C=C)cc2)cc1. The number of carbonyl (C=O) groups excluding carboxylic acids is 4. The van der Waals surface area contributed by atoms with Gasteiger partial charge in [0, 0.05) is 35.6 Å². The van der Waals surface area contributed by atoms with E-state index in [1.807, 2.05) is 97.1 Å². The van der Waals surface area contributed by atoms with E-state index < -0.39 is 12.1 Å². The first-order valence-electron chi connectivity index (χ1n) is 16.9. The number of hydrogen-bond acceptors (Lipinski definition) is 4. The summed E-state index contributed by atoms with van der Waals surface area (Å²) in [7, 11) is 0. The molecule has 0 radical (unpaired) electrons. The summed E-state index contributed by atoms with van der Waals surface area (Å²) < 4.78 is 0. The Morgan fingerprint density at radius 1 is 0.560 bits per heavy atom. The first-order valence-corrected chi connectivity index (χ1v) is 16.9. The van der Waals surface area contributed by atoms with Gasteiger partial charge in [-0.2, -0.15) is 0 Å². The average molecular weight is 665 g/mol. The Hall–Kier alpha value is -6.02. The lowest BCUT2D eigenvalue weighted by atomic mass is 10.1. The number of nitrogens with zero attached hydrogens (tertiary/aromatic N) is 2. The van der Waals surface area contributed by atoms with Gasteiger partial charge in [-0.05, 0) is 84.3 Å². The highest BCUT2D eigenvalue weighted by Crippen LogP contribution is 2.26. The molecule has 252 valence electrons. The van der Waals surface area contributed by atoms with Crippen LogP contribution in [0, 0.1) is 0 Å². The molecule has 4 amide bonds. The van der Waals surface area contributed by atoms with Gasteiger partial charge in [0.05, 0.1) is 0 Å². The summed E-state index contributed by atoms with van der Waals surface area (Å²) in [5.74, 6) is -0.722. The van der Waals surface area contributed by atoms with Gasteiger partial charge in [-0.3, -0.25) is 19.2 Å². The van der Waals surface area contributed by atoms with Crippen molar-refractivity contribution in [3.05, 3.63) is 144 Å². The Morgan fingerprint density at radius 3 is 1.32 bits per heavy atom. The normalized spacial score (nSPS) is 17.0. The van der Waals surface area contributed by atoms with Crippen LogP contribution in [0.25, 0.3) is 24.3 Å². The molecular formula is C42H40N4O4. The van der Waals surface area contributed by atoms with Crippen molar-refractivity contribution in [2.75, 3.05) is 23.7 Å².